The van der Waals surface area contributed by atoms with E-state index >= 15 is 0 Å². The van der Waals surface area contributed by atoms with Crippen molar-refractivity contribution in [1.82, 2.24) is 0 Å². The molecular formula is C14H14ClN3O2S. The molecule has 4 N–H and O–H groups in total. The Morgan fingerprint density at radius 1 is 1.14 bits per heavy atom. The number of hydrogen-bond acceptors (Lipinski definition) is 4. The monoisotopic (exact) mass is 323 g/mol. The summed E-state index contributed by atoms with van der Waals surface area (Å²) in [5.41, 5.74) is 3.61. The zero-order valence-corrected chi connectivity index (χ0v) is 12.8. The van der Waals surface area contributed by atoms with Crippen LogP contribution in [0.1, 0.15) is 17.3 Å². The maximum atomic E-state index is 11.5. The molecule has 0 saturated heterocycles. The minimum Gasteiger partial charge on any atom is -0.360 e. The first-order chi connectivity index (χ1) is 9.84. The van der Waals surface area contributed by atoms with Gasteiger partial charge in [0.15, 0.2) is 0 Å². The summed E-state index contributed by atoms with van der Waals surface area (Å²) in [7, 11) is -3.84. The van der Waals surface area contributed by atoms with Crippen molar-refractivity contribution in [2.24, 2.45) is 5.14 Å². The van der Waals surface area contributed by atoms with E-state index in [-0.39, 0.29) is 16.1 Å². The lowest BCUT2D eigenvalue weighted by Gasteiger charge is -2.13. The number of anilines is 2. The highest BCUT2D eigenvalue weighted by molar-refractivity contribution is 7.89. The van der Waals surface area contributed by atoms with Gasteiger partial charge in [-0.15, -0.1) is 0 Å². The number of fused-ring (bicyclic) bond motifs is 1. The second kappa shape index (κ2) is 4.91. The number of aryl methyl sites for hydroxylation is 1. The summed E-state index contributed by atoms with van der Waals surface area (Å²) in [6.07, 6.45) is -0.133. The Hall–Kier alpha value is -1.76. The average Bonchev–Trinajstić information content (AvgIpc) is 2.79. The van der Waals surface area contributed by atoms with E-state index < -0.39 is 10.0 Å². The molecule has 3 rings (SSSR count). The van der Waals surface area contributed by atoms with E-state index in [0.29, 0.717) is 5.69 Å². The molecule has 1 aliphatic rings. The summed E-state index contributed by atoms with van der Waals surface area (Å²) in [6.45, 7) is 2.02. The maximum Gasteiger partial charge on any atom is 0.239 e. The maximum absolute atomic E-state index is 11.5. The number of halogens is 1. The van der Waals surface area contributed by atoms with Gasteiger partial charge in [-0.05, 0) is 24.6 Å². The third kappa shape index (κ3) is 2.70. The number of sulfonamides is 1. The summed E-state index contributed by atoms with van der Waals surface area (Å²) in [5.74, 6) is 0. The van der Waals surface area contributed by atoms with Crippen molar-refractivity contribution in [2.45, 2.75) is 18.0 Å². The summed E-state index contributed by atoms with van der Waals surface area (Å²) in [6, 6.07) is 11.1. The Balaban J connectivity index is 1.98. The lowest BCUT2D eigenvalue weighted by molar-refractivity contribution is 0.598. The van der Waals surface area contributed by atoms with Gasteiger partial charge < -0.3 is 10.6 Å². The van der Waals surface area contributed by atoms with Gasteiger partial charge >= 0.3 is 0 Å². The Morgan fingerprint density at radius 2 is 1.81 bits per heavy atom. The summed E-state index contributed by atoms with van der Waals surface area (Å²) >= 11 is 5.98. The highest BCUT2D eigenvalue weighted by atomic mass is 35.5. The normalized spacial score (nSPS) is 17.0. The number of rotatable bonds is 2. The van der Waals surface area contributed by atoms with E-state index in [1.54, 1.807) is 6.07 Å². The smallest absolute Gasteiger partial charge is 0.239 e. The van der Waals surface area contributed by atoms with Crippen LogP contribution in [0.2, 0.25) is 5.02 Å². The molecule has 7 heteroatoms. The first-order valence-electron chi connectivity index (χ1n) is 6.30. The van der Waals surface area contributed by atoms with Crippen LogP contribution in [0.4, 0.5) is 11.4 Å². The van der Waals surface area contributed by atoms with Gasteiger partial charge in [0.2, 0.25) is 10.0 Å². The van der Waals surface area contributed by atoms with Crippen molar-refractivity contribution in [1.29, 1.82) is 0 Å². The molecule has 0 spiro atoms. The van der Waals surface area contributed by atoms with Crippen LogP contribution in [-0.4, -0.2) is 8.42 Å². The fourth-order valence-electron chi connectivity index (χ4n) is 2.37. The number of primary sulfonamides is 1. The van der Waals surface area contributed by atoms with Gasteiger partial charge in [-0.2, -0.15) is 0 Å². The lowest BCUT2D eigenvalue weighted by atomic mass is 10.1. The van der Waals surface area contributed by atoms with E-state index in [1.807, 2.05) is 25.1 Å². The molecule has 0 saturated carbocycles. The van der Waals surface area contributed by atoms with Gasteiger partial charge in [-0.3, -0.25) is 0 Å². The molecule has 1 atom stereocenters. The zero-order chi connectivity index (χ0) is 15.2. The van der Waals surface area contributed by atoms with Gasteiger partial charge in [0.25, 0.3) is 0 Å². The van der Waals surface area contributed by atoms with E-state index in [1.165, 1.54) is 6.07 Å². The molecule has 21 heavy (non-hydrogen) atoms. The number of nitrogens with one attached hydrogen (secondary N) is 2. The van der Waals surface area contributed by atoms with Crippen molar-refractivity contribution >= 4 is 33.0 Å². The Labute approximate surface area is 128 Å². The second-order valence-corrected chi connectivity index (χ2v) is 6.95. The number of hydrogen-bond donors (Lipinski definition) is 3. The number of benzene rings is 2. The van der Waals surface area contributed by atoms with E-state index in [2.05, 4.69) is 16.7 Å². The molecule has 0 aromatic heterocycles. The fourth-order valence-corrected chi connectivity index (χ4v) is 3.47. The molecule has 2 aromatic carbocycles. The molecule has 5 nitrogen and oxygen atoms in total. The number of nitrogens with two attached hydrogens (primary N) is 1. The van der Waals surface area contributed by atoms with Crippen molar-refractivity contribution in [3.05, 3.63) is 52.5 Å². The predicted octanol–water partition coefficient (Wildman–Crippen LogP) is 2.83. The zero-order valence-electron chi connectivity index (χ0n) is 11.2. The Morgan fingerprint density at radius 3 is 2.43 bits per heavy atom. The van der Waals surface area contributed by atoms with Crippen LogP contribution in [-0.2, 0) is 10.0 Å². The van der Waals surface area contributed by atoms with Crippen LogP contribution in [0.5, 0.6) is 0 Å². The van der Waals surface area contributed by atoms with Crippen LogP contribution in [0.15, 0.2) is 41.3 Å². The summed E-state index contributed by atoms with van der Waals surface area (Å²) in [5, 5.41) is 11.8. The largest absolute Gasteiger partial charge is 0.360 e. The first-order valence-corrected chi connectivity index (χ1v) is 8.23. The van der Waals surface area contributed by atoms with Crippen molar-refractivity contribution in [3.63, 3.8) is 0 Å². The van der Waals surface area contributed by atoms with Crippen LogP contribution >= 0.6 is 11.6 Å². The molecule has 0 radical (unpaired) electrons. The molecule has 1 aliphatic heterocycles. The molecular weight excluding hydrogens is 310 g/mol. The summed E-state index contributed by atoms with van der Waals surface area (Å²) in [4.78, 5) is -0.0814. The topological polar surface area (TPSA) is 84.2 Å². The minimum absolute atomic E-state index is 0.0814. The Kier molecular flexibility index (Phi) is 3.32. The predicted molar refractivity (Wildman–Crippen MR) is 84.0 cm³/mol. The molecule has 1 unspecified atom stereocenters. The van der Waals surface area contributed by atoms with Gasteiger partial charge in [-0.25, -0.2) is 13.6 Å². The molecule has 0 amide bonds. The fraction of sp³-hybridized carbons (Fsp3) is 0.143. The van der Waals surface area contributed by atoms with Gasteiger partial charge in [0.1, 0.15) is 11.1 Å². The quantitative estimate of drug-likeness (QED) is 0.793. The van der Waals surface area contributed by atoms with Crippen LogP contribution in [0, 0.1) is 6.92 Å². The third-order valence-electron chi connectivity index (χ3n) is 3.35. The van der Waals surface area contributed by atoms with Gasteiger partial charge in [-0.1, -0.05) is 41.4 Å². The average molecular weight is 324 g/mol. The van der Waals surface area contributed by atoms with E-state index in [4.69, 9.17) is 16.7 Å². The van der Waals surface area contributed by atoms with E-state index in [0.717, 1.165) is 16.8 Å². The van der Waals surface area contributed by atoms with Gasteiger partial charge in [0, 0.05) is 0 Å². The highest BCUT2D eigenvalue weighted by Crippen LogP contribution is 2.39. The SMILES string of the molecule is Cc1cccc(C2Nc3cc(Cl)c(S(N)(=O)=O)cc3N2)c1. The van der Waals surface area contributed by atoms with Crippen molar-refractivity contribution in [2.75, 3.05) is 10.6 Å². The lowest BCUT2D eigenvalue weighted by Crippen LogP contribution is -2.13. The van der Waals surface area contributed by atoms with Crippen LogP contribution in [0.3, 0.4) is 0 Å². The summed E-state index contributed by atoms with van der Waals surface area (Å²) < 4.78 is 23.0. The third-order valence-corrected chi connectivity index (χ3v) is 4.73. The molecule has 0 fully saturated rings. The molecule has 110 valence electrons. The molecule has 1 heterocycles. The van der Waals surface area contributed by atoms with Crippen LogP contribution < -0.4 is 15.8 Å². The van der Waals surface area contributed by atoms with Crippen molar-refractivity contribution in [3.8, 4) is 0 Å². The highest BCUT2D eigenvalue weighted by Gasteiger charge is 2.25. The molecule has 2 aromatic rings. The molecule has 0 bridgehead atoms. The van der Waals surface area contributed by atoms with Crippen molar-refractivity contribution < 1.29 is 8.42 Å². The minimum atomic E-state index is -3.84. The van der Waals surface area contributed by atoms with Gasteiger partial charge in [0.05, 0.1) is 16.4 Å². The standard InChI is InChI=1S/C14H14ClN3O2S/c1-8-3-2-4-9(5-8)14-17-11-6-10(15)13(21(16,19)20)7-12(11)18-14/h2-7,14,17-18H,1H3,(H2,16,19,20). The Bertz CT molecular complexity index is 821. The van der Waals surface area contributed by atoms with E-state index in [9.17, 15) is 8.42 Å². The molecule has 0 aliphatic carbocycles. The second-order valence-electron chi connectivity index (χ2n) is 5.01. The first kappa shape index (κ1) is 14.2. The van der Waals surface area contributed by atoms with Crippen LogP contribution in [0.25, 0.3) is 0 Å².